The molecule has 0 saturated carbocycles. The van der Waals surface area contributed by atoms with Gasteiger partial charge in [-0.3, -0.25) is 9.78 Å². The van der Waals surface area contributed by atoms with E-state index in [-0.39, 0.29) is 5.91 Å². The number of nitrogens with one attached hydrogen (secondary N) is 1. The van der Waals surface area contributed by atoms with E-state index in [2.05, 4.69) is 15.3 Å². The maximum absolute atomic E-state index is 12.7. The Morgan fingerprint density at radius 2 is 1.89 bits per heavy atom. The molecule has 0 aliphatic carbocycles. The molecule has 0 atom stereocenters. The Labute approximate surface area is 161 Å². The molecular weight excluding hydrogens is 356 g/mol. The summed E-state index contributed by atoms with van der Waals surface area (Å²) in [6.07, 6.45) is 3.69. The Morgan fingerprint density at radius 1 is 1.11 bits per heavy atom. The molecule has 27 heavy (non-hydrogen) atoms. The number of pyridine rings is 1. The van der Waals surface area contributed by atoms with E-state index in [9.17, 15) is 4.79 Å². The van der Waals surface area contributed by atoms with E-state index in [4.69, 9.17) is 0 Å². The number of aryl methyl sites for hydroxylation is 2. The molecule has 0 fully saturated rings. The fourth-order valence-corrected chi connectivity index (χ4v) is 3.60. The van der Waals surface area contributed by atoms with Crippen molar-refractivity contribution in [2.45, 2.75) is 17.0 Å². The predicted octanol–water partition coefficient (Wildman–Crippen LogP) is 4.68. The minimum absolute atomic E-state index is 0.157. The van der Waals surface area contributed by atoms with E-state index in [0.29, 0.717) is 11.3 Å². The highest BCUT2D eigenvalue weighted by molar-refractivity contribution is 7.99. The van der Waals surface area contributed by atoms with Crippen LogP contribution in [0.4, 0.5) is 5.69 Å². The maximum atomic E-state index is 12.7. The summed E-state index contributed by atoms with van der Waals surface area (Å²) in [6.45, 7) is 1.86. The molecule has 0 saturated heterocycles. The average molecular weight is 374 g/mol. The summed E-state index contributed by atoms with van der Waals surface area (Å²) in [5, 5.41) is 4.83. The van der Waals surface area contributed by atoms with Crippen molar-refractivity contribution in [2.75, 3.05) is 5.32 Å². The molecular formula is C21H18N4OS. The van der Waals surface area contributed by atoms with Crippen molar-refractivity contribution in [3.8, 4) is 0 Å². The monoisotopic (exact) mass is 374 g/mol. The van der Waals surface area contributed by atoms with Crippen LogP contribution in [0, 0.1) is 6.92 Å². The number of hydrogen-bond acceptors (Lipinski definition) is 4. The van der Waals surface area contributed by atoms with Crippen LogP contribution in [0.5, 0.6) is 0 Å². The lowest BCUT2D eigenvalue weighted by Gasteiger charge is -2.09. The number of rotatable bonds is 4. The molecule has 0 aliphatic heterocycles. The summed E-state index contributed by atoms with van der Waals surface area (Å²) in [7, 11) is 1.96. The van der Waals surface area contributed by atoms with Gasteiger partial charge in [-0.2, -0.15) is 0 Å². The fourth-order valence-electron chi connectivity index (χ4n) is 2.80. The van der Waals surface area contributed by atoms with Crippen LogP contribution in [0.3, 0.4) is 0 Å². The van der Waals surface area contributed by atoms with Gasteiger partial charge in [-0.1, -0.05) is 30.0 Å². The summed E-state index contributed by atoms with van der Waals surface area (Å²) < 4.78 is 1.97. The van der Waals surface area contributed by atoms with E-state index in [1.807, 2.05) is 79.3 Å². The van der Waals surface area contributed by atoms with E-state index in [0.717, 1.165) is 26.6 Å². The van der Waals surface area contributed by atoms with Crippen molar-refractivity contribution >= 4 is 34.3 Å². The second kappa shape index (κ2) is 7.25. The molecule has 4 aromatic rings. The number of para-hydroxylation sites is 1. The zero-order valence-electron chi connectivity index (χ0n) is 15.0. The van der Waals surface area contributed by atoms with Gasteiger partial charge in [-0.25, -0.2) is 4.98 Å². The predicted molar refractivity (Wildman–Crippen MR) is 108 cm³/mol. The molecule has 2 aromatic carbocycles. The first-order valence-corrected chi connectivity index (χ1v) is 9.35. The van der Waals surface area contributed by atoms with Crippen LogP contribution >= 0.6 is 11.8 Å². The smallest absolute Gasteiger partial charge is 0.257 e. The third-order valence-corrected chi connectivity index (χ3v) is 5.34. The summed E-state index contributed by atoms with van der Waals surface area (Å²) in [5.41, 5.74) is 2.94. The number of imidazole rings is 1. The Balaban J connectivity index is 1.51. The molecule has 6 heteroatoms. The van der Waals surface area contributed by atoms with Crippen LogP contribution in [0.1, 0.15) is 16.1 Å². The Kier molecular flexibility index (Phi) is 4.64. The van der Waals surface area contributed by atoms with Crippen LogP contribution < -0.4 is 5.32 Å². The zero-order chi connectivity index (χ0) is 18.8. The first kappa shape index (κ1) is 17.3. The minimum Gasteiger partial charge on any atom is -0.329 e. The largest absolute Gasteiger partial charge is 0.329 e. The SMILES string of the molecule is Cc1nc2ccccc2cc1C(=O)Nc1ccc(Sc2nccn2C)cc1. The molecule has 2 heterocycles. The lowest BCUT2D eigenvalue weighted by Crippen LogP contribution is -2.14. The van der Waals surface area contributed by atoms with Crippen molar-refractivity contribution < 1.29 is 4.79 Å². The van der Waals surface area contributed by atoms with Crippen LogP contribution in [-0.4, -0.2) is 20.4 Å². The van der Waals surface area contributed by atoms with Gasteiger partial charge in [-0.05, 0) is 43.3 Å². The molecule has 5 nitrogen and oxygen atoms in total. The highest BCUT2D eigenvalue weighted by atomic mass is 32.2. The van der Waals surface area contributed by atoms with Crippen LogP contribution in [0.2, 0.25) is 0 Å². The molecule has 0 spiro atoms. The fraction of sp³-hybridized carbons (Fsp3) is 0.0952. The van der Waals surface area contributed by atoms with E-state index >= 15 is 0 Å². The third-order valence-electron chi connectivity index (χ3n) is 4.26. The van der Waals surface area contributed by atoms with E-state index < -0.39 is 0 Å². The number of carbonyl (C=O) groups is 1. The van der Waals surface area contributed by atoms with Gasteiger partial charge in [0.05, 0.1) is 16.8 Å². The quantitative estimate of drug-likeness (QED) is 0.563. The summed E-state index contributed by atoms with van der Waals surface area (Å²) in [4.78, 5) is 22.6. The summed E-state index contributed by atoms with van der Waals surface area (Å²) in [6, 6.07) is 17.4. The van der Waals surface area contributed by atoms with Crippen molar-refractivity contribution in [3.63, 3.8) is 0 Å². The van der Waals surface area contributed by atoms with Gasteiger partial charge in [-0.15, -0.1) is 0 Å². The summed E-state index contributed by atoms with van der Waals surface area (Å²) >= 11 is 1.58. The number of carbonyl (C=O) groups excluding carboxylic acids is 1. The maximum Gasteiger partial charge on any atom is 0.257 e. The number of aromatic nitrogens is 3. The van der Waals surface area contributed by atoms with Crippen LogP contribution in [0.25, 0.3) is 10.9 Å². The Morgan fingerprint density at radius 3 is 2.63 bits per heavy atom. The number of benzene rings is 2. The topological polar surface area (TPSA) is 59.8 Å². The molecule has 4 rings (SSSR count). The molecule has 0 unspecified atom stereocenters. The number of nitrogens with zero attached hydrogens (tertiary/aromatic N) is 3. The zero-order valence-corrected chi connectivity index (χ0v) is 15.8. The lowest BCUT2D eigenvalue weighted by molar-refractivity contribution is 0.102. The number of amides is 1. The van der Waals surface area contributed by atoms with Gasteiger partial charge in [0.2, 0.25) is 0 Å². The van der Waals surface area contributed by atoms with Gasteiger partial charge in [0.1, 0.15) is 0 Å². The van der Waals surface area contributed by atoms with E-state index in [1.165, 1.54) is 0 Å². The van der Waals surface area contributed by atoms with Crippen molar-refractivity contribution in [3.05, 3.63) is 78.2 Å². The van der Waals surface area contributed by atoms with Gasteiger partial charge in [0.15, 0.2) is 5.16 Å². The standard InChI is InChI=1S/C21H18N4OS/c1-14-18(13-15-5-3-4-6-19(15)23-14)20(26)24-16-7-9-17(10-8-16)27-21-22-11-12-25(21)2/h3-13H,1-2H3,(H,24,26). The van der Waals surface area contributed by atoms with Gasteiger partial charge >= 0.3 is 0 Å². The first-order valence-electron chi connectivity index (χ1n) is 8.53. The average Bonchev–Trinajstić information content (AvgIpc) is 3.07. The van der Waals surface area contributed by atoms with Crippen molar-refractivity contribution in [2.24, 2.45) is 7.05 Å². The van der Waals surface area contributed by atoms with Crippen molar-refractivity contribution in [1.82, 2.24) is 14.5 Å². The molecule has 2 aromatic heterocycles. The second-order valence-corrected chi connectivity index (χ2v) is 7.26. The number of fused-ring (bicyclic) bond motifs is 1. The molecule has 0 aliphatic rings. The normalized spacial score (nSPS) is 10.9. The third kappa shape index (κ3) is 3.71. The first-order chi connectivity index (χ1) is 13.1. The highest BCUT2D eigenvalue weighted by Gasteiger charge is 2.12. The number of anilines is 1. The highest BCUT2D eigenvalue weighted by Crippen LogP contribution is 2.27. The lowest BCUT2D eigenvalue weighted by atomic mass is 10.1. The van der Waals surface area contributed by atoms with Gasteiger partial charge in [0.25, 0.3) is 5.91 Å². The molecule has 0 bridgehead atoms. The van der Waals surface area contributed by atoms with Crippen molar-refractivity contribution in [1.29, 1.82) is 0 Å². The molecule has 1 amide bonds. The molecule has 134 valence electrons. The summed E-state index contributed by atoms with van der Waals surface area (Å²) in [5.74, 6) is -0.157. The van der Waals surface area contributed by atoms with Crippen LogP contribution in [0.15, 0.2) is 77.0 Å². The van der Waals surface area contributed by atoms with Gasteiger partial charge in [0, 0.05) is 35.4 Å². The van der Waals surface area contributed by atoms with Crippen LogP contribution in [-0.2, 0) is 7.05 Å². The number of hydrogen-bond donors (Lipinski definition) is 1. The Hall–Kier alpha value is -3.12. The Bertz CT molecular complexity index is 1120. The van der Waals surface area contributed by atoms with Gasteiger partial charge < -0.3 is 9.88 Å². The van der Waals surface area contributed by atoms with E-state index in [1.54, 1.807) is 18.0 Å². The molecule has 1 N–H and O–H groups in total. The second-order valence-electron chi connectivity index (χ2n) is 6.22. The minimum atomic E-state index is -0.157. The molecule has 0 radical (unpaired) electrons.